The van der Waals surface area contributed by atoms with E-state index in [2.05, 4.69) is 27.8 Å². The molecule has 4 saturated carbocycles. The number of rotatable bonds is 4. The maximum atomic E-state index is 12.4. The van der Waals surface area contributed by atoms with E-state index < -0.39 is 0 Å². The van der Waals surface area contributed by atoms with Gasteiger partial charge in [0.1, 0.15) is 12.1 Å². The third kappa shape index (κ3) is 2.63. The number of hydrogen-bond acceptors (Lipinski definition) is 4. The van der Waals surface area contributed by atoms with Crippen LogP contribution in [0.3, 0.4) is 0 Å². The summed E-state index contributed by atoms with van der Waals surface area (Å²) in [6.07, 6.45) is 8.03. The van der Waals surface area contributed by atoms with Crippen molar-refractivity contribution in [3.8, 4) is 0 Å². The van der Waals surface area contributed by atoms with Crippen LogP contribution in [0.15, 0.2) is 29.4 Å². The van der Waals surface area contributed by atoms with E-state index in [4.69, 9.17) is 0 Å². The van der Waals surface area contributed by atoms with E-state index in [9.17, 15) is 4.79 Å². The average molecular weight is 351 g/mol. The molecule has 4 bridgehead atoms. The van der Waals surface area contributed by atoms with Crippen molar-refractivity contribution in [3.63, 3.8) is 0 Å². The zero-order chi connectivity index (χ0) is 17.7. The van der Waals surface area contributed by atoms with Gasteiger partial charge in [-0.3, -0.25) is 4.79 Å². The van der Waals surface area contributed by atoms with Gasteiger partial charge in [-0.2, -0.15) is 5.10 Å². The molecule has 4 fully saturated rings. The lowest BCUT2D eigenvalue weighted by Crippen LogP contribution is -2.49. The van der Waals surface area contributed by atoms with Crippen molar-refractivity contribution >= 4 is 22.7 Å². The standard InChI is InChI=1S/C20H25N5O/c1-13(20-9-14-6-15(10-20)8-16(7-14)11-20)21-23-19(26)12-25-18-5-3-2-4-17(18)22-24-25/h2-5,14-16H,6-12H2,1H3,(H,23,26)/b21-13-. The van der Waals surface area contributed by atoms with Gasteiger partial charge in [0.2, 0.25) is 0 Å². The quantitative estimate of drug-likeness (QED) is 0.679. The van der Waals surface area contributed by atoms with Crippen LogP contribution in [0.1, 0.15) is 45.4 Å². The van der Waals surface area contributed by atoms with E-state index in [1.165, 1.54) is 38.5 Å². The van der Waals surface area contributed by atoms with Gasteiger partial charge in [0.15, 0.2) is 0 Å². The highest BCUT2D eigenvalue weighted by molar-refractivity contribution is 5.90. The molecule has 1 amide bonds. The second-order valence-electron chi connectivity index (χ2n) is 8.67. The fourth-order valence-corrected chi connectivity index (χ4v) is 6.02. The van der Waals surface area contributed by atoms with E-state index in [-0.39, 0.29) is 17.9 Å². The molecule has 136 valence electrons. The normalized spacial score (nSPS) is 33.0. The Bertz CT molecular complexity index is 848. The molecular formula is C20H25N5O. The van der Waals surface area contributed by atoms with Crippen LogP contribution in [0.25, 0.3) is 11.0 Å². The average Bonchev–Trinajstić information content (AvgIpc) is 3.01. The van der Waals surface area contributed by atoms with Gasteiger partial charge in [-0.15, -0.1) is 5.10 Å². The molecule has 1 N–H and O–H groups in total. The molecule has 26 heavy (non-hydrogen) atoms. The van der Waals surface area contributed by atoms with Crippen LogP contribution in [-0.2, 0) is 11.3 Å². The molecule has 1 heterocycles. The minimum atomic E-state index is -0.148. The molecule has 0 unspecified atom stereocenters. The Balaban J connectivity index is 1.28. The Morgan fingerprint density at radius 3 is 2.54 bits per heavy atom. The molecule has 4 aliphatic rings. The van der Waals surface area contributed by atoms with E-state index >= 15 is 0 Å². The maximum Gasteiger partial charge on any atom is 0.261 e. The Hall–Kier alpha value is -2.24. The van der Waals surface area contributed by atoms with Gasteiger partial charge < -0.3 is 0 Å². The molecule has 1 aromatic carbocycles. The van der Waals surface area contributed by atoms with Gasteiger partial charge in [0, 0.05) is 11.1 Å². The van der Waals surface area contributed by atoms with Crippen LogP contribution in [0.4, 0.5) is 0 Å². The summed E-state index contributed by atoms with van der Waals surface area (Å²) in [6.45, 7) is 2.25. The van der Waals surface area contributed by atoms with Crippen molar-refractivity contribution in [2.75, 3.05) is 0 Å². The van der Waals surface area contributed by atoms with Crippen LogP contribution in [0.2, 0.25) is 0 Å². The summed E-state index contributed by atoms with van der Waals surface area (Å²) in [5.41, 5.74) is 5.79. The molecule has 0 radical (unpaired) electrons. The maximum absolute atomic E-state index is 12.4. The molecule has 6 heteroatoms. The van der Waals surface area contributed by atoms with Crippen LogP contribution in [-0.4, -0.2) is 26.6 Å². The highest BCUT2D eigenvalue weighted by Gasteiger charge is 2.52. The first-order chi connectivity index (χ1) is 12.6. The highest BCUT2D eigenvalue weighted by atomic mass is 16.2. The summed E-state index contributed by atoms with van der Waals surface area (Å²) in [7, 11) is 0. The van der Waals surface area contributed by atoms with Crippen molar-refractivity contribution in [2.45, 2.75) is 52.0 Å². The molecule has 0 saturated heterocycles. The van der Waals surface area contributed by atoms with Gasteiger partial charge in [0.25, 0.3) is 5.91 Å². The molecule has 1 aromatic heterocycles. The predicted molar refractivity (Wildman–Crippen MR) is 99.4 cm³/mol. The Morgan fingerprint density at radius 1 is 1.19 bits per heavy atom. The zero-order valence-electron chi connectivity index (χ0n) is 15.2. The van der Waals surface area contributed by atoms with Crippen molar-refractivity contribution < 1.29 is 4.79 Å². The van der Waals surface area contributed by atoms with Crippen LogP contribution in [0.5, 0.6) is 0 Å². The number of carbonyl (C=O) groups is 1. The number of benzene rings is 1. The summed E-state index contributed by atoms with van der Waals surface area (Å²) in [5, 5.41) is 12.7. The number of para-hydroxylation sites is 1. The number of nitrogens with zero attached hydrogens (tertiary/aromatic N) is 4. The molecule has 0 spiro atoms. The lowest BCUT2D eigenvalue weighted by Gasteiger charge is -2.56. The lowest BCUT2D eigenvalue weighted by molar-refractivity contribution is -0.121. The molecule has 0 aliphatic heterocycles. The molecule has 2 aromatic rings. The van der Waals surface area contributed by atoms with Gasteiger partial charge in [0.05, 0.1) is 5.52 Å². The van der Waals surface area contributed by atoms with Crippen molar-refractivity contribution in [1.29, 1.82) is 0 Å². The van der Waals surface area contributed by atoms with Gasteiger partial charge >= 0.3 is 0 Å². The number of amides is 1. The molecule has 0 atom stereocenters. The summed E-state index contributed by atoms with van der Waals surface area (Å²) in [4.78, 5) is 12.4. The number of hydrogen-bond donors (Lipinski definition) is 1. The fourth-order valence-electron chi connectivity index (χ4n) is 6.02. The Morgan fingerprint density at radius 2 is 1.85 bits per heavy atom. The number of aromatic nitrogens is 3. The highest BCUT2D eigenvalue weighted by Crippen LogP contribution is 2.60. The lowest BCUT2D eigenvalue weighted by atomic mass is 9.48. The third-order valence-corrected chi connectivity index (χ3v) is 6.87. The largest absolute Gasteiger partial charge is 0.271 e. The number of carbonyl (C=O) groups excluding carboxylic acids is 1. The minimum absolute atomic E-state index is 0.137. The summed E-state index contributed by atoms with van der Waals surface area (Å²) >= 11 is 0. The fraction of sp³-hybridized carbons (Fsp3) is 0.600. The number of hydrazone groups is 1. The van der Waals surface area contributed by atoms with E-state index in [1.54, 1.807) is 4.68 Å². The van der Waals surface area contributed by atoms with Gasteiger partial charge in [-0.1, -0.05) is 17.3 Å². The topological polar surface area (TPSA) is 72.2 Å². The second kappa shape index (κ2) is 5.89. The minimum Gasteiger partial charge on any atom is -0.271 e. The van der Waals surface area contributed by atoms with Crippen molar-refractivity contribution in [1.82, 2.24) is 20.4 Å². The van der Waals surface area contributed by atoms with Crippen LogP contribution >= 0.6 is 0 Å². The predicted octanol–water partition coefficient (Wildman–Crippen LogP) is 3.14. The monoisotopic (exact) mass is 351 g/mol. The van der Waals surface area contributed by atoms with Crippen LogP contribution < -0.4 is 5.43 Å². The SMILES string of the molecule is C/C(=N/NC(=O)Cn1nnc2ccccc21)C12CC3CC(CC(C3)C1)C2. The van der Waals surface area contributed by atoms with Crippen molar-refractivity contribution in [2.24, 2.45) is 28.3 Å². The summed E-state index contributed by atoms with van der Waals surface area (Å²) in [6, 6.07) is 7.66. The zero-order valence-corrected chi connectivity index (χ0v) is 15.2. The first kappa shape index (κ1) is 16.0. The van der Waals surface area contributed by atoms with Gasteiger partial charge in [-0.25, -0.2) is 10.1 Å². The van der Waals surface area contributed by atoms with Crippen LogP contribution in [0, 0.1) is 23.2 Å². The van der Waals surface area contributed by atoms with E-state index in [0.29, 0.717) is 0 Å². The Kier molecular flexibility index (Phi) is 3.62. The van der Waals surface area contributed by atoms with E-state index in [0.717, 1.165) is 34.5 Å². The molecule has 6 nitrogen and oxygen atoms in total. The summed E-state index contributed by atoms with van der Waals surface area (Å²) in [5.74, 6) is 2.49. The molecular weight excluding hydrogens is 326 g/mol. The number of fused-ring (bicyclic) bond motifs is 1. The number of nitrogens with one attached hydrogen (secondary N) is 1. The van der Waals surface area contributed by atoms with Gasteiger partial charge in [-0.05, 0) is 75.3 Å². The Labute approximate surface area is 153 Å². The second-order valence-corrected chi connectivity index (χ2v) is 8.67. The summed E-state index contributed by atoms with van der Waals surface area (Å²) < 4.78 is 1.63. The molecule has 4 aliphatic carbocycles. The van der Waals surface area contributed by atoms with E-state index in [1.807, 2.05) is 24.3 Å². The first-order valence-electron chi connectivity index (χ1n) is 9.73. The first-order valence-corrected chi connectivity index (χ1v) is 9.73. The molecule has 6 rings (SSSR count). The van der Waals surface area contributed by atoms with Crippen molar-refractivity contribution in [3.05, 3.63) is 24.3 Å². The smallest absolute Gasteiger partial charge is 0.261 e. The third-order valence-electron chi connectivity index (χ3n) is 6.87.